The molecule has 4 saturated carbocycles. The minimum absolute atomic E-state index is 0.183. The average molecular weight is 435 g/mol. The van der Waals surface area contributed by atoms with Crippen LogP contribution in [0, 0.1) is 34.0 Å². The molecule has 4 aliphatic rings. The van der Waals surface area contributed by atoms with Gasteiger partial charge in [0.1, 0.15) is 6.10 Å². The van der Waals surface area contributed by atoms with Crippen LogP contribution in [0.3, 0.4) is 0 Å². The maximum atomic E-state index is 13.8. The second-order valence-corrected chi connectivity index (χ2v) is 11.0. The van der Waals surface area contributed by atoms with Crippen LogP contribution in [0.4, 0.5) is 0 Å². The number of ketones is 1. The summed E-state index contributed by atoms with van der Waals surface area (Å²) in [6.45, 7) is 12.5. The van der Waals surface area contributed by atoms with Crippen LogP contribution in [-0.4, -0.2) is 52.4 Å². The number of ether oxygens (including phenoxy) is 2. The lowest BCUT2D eigenvalue weighted by Crippen LogP contribution is -2.74. The highest BCUT2D eigenvalue weighted by Gasteiger charge is 2.77. The molecular weight excluding hydrogens is 400 g/mol. The van der Waals surface area contributed by atoms with Crippen LogP contribution in [0.1, 0.15) is 60.3 Å². The molecular formula is C24H34O7. The topological polar surface area (TPSA) is 110 Å². The molecule has 7 heteroatoms. The molecule has 0 aromatic heterocycles. The minimum atomic E-state index is -1.19. The van der Waals surface area contributed by atoms with E-state index in [9.17, 15) is 24.6 Å². The van der Waals surface area contributed by atoms with Crippen molar-refractivity contribution < 1.29 is 34.1 Å². The molecule has 0 heterocycles. The first-order valence-corrected chi connectivity index (χ1v) is 11.2. The number of aliphatic hydroxyl groups is 2. The number of Topliss-reactive ketones (excluding diaryl/α,β-unsaturated/α-hetero) is 1. The highest BCUT2D eigenvalue weighted by atomic mass is 16.6. The third-order valence-corrected chi connectivity index (χ3v) is 9.02. The Hall–Kier alpha value is -1.73. The first-order chi connectivity index (χ1) is 14.3. The van der Waals surface area contributed by atoms with Crippen molar-refractivity contribution in [3.63, 3.8) is 0 Å². The Labute approximate surface area is 183 Å². The number of allylic oxidation sites excluding steroid dienone is 1. The monoisotopic (exact) mass is 434 g/mol. The second-order valence-electron chi connectivity index (χ2n) is 11.0. The number of hydrogen-bond acceptors (Lipinski definition) is 7. The summed E-state index contributed by atoms with van der Waals surface area (Å²) >= 11 is 0. The number of esters is 2. The Bertz CT molecular complexity index is 847. The van der Waals surface area contributed by atoms with Crippen LogP contribution < -0.4 is 0 Å². The van der Waals surface area contributed by atoms with E-state index in [0.29, 0.717) is 31.3 Å². The van der Waals surface area contributed by atoms with Gasteiger partial charge in [0.15, 0.2) is 11.9 Å². The van der Waals surface area contributed by atoms with Crippen LogP contribution in [-0.2, 0) is 23.9 Å². The van der Waals surface area contributed by atoms with Gasteiger partial charge < -0.3 is 19.7 Å². The average Bonchev–Trinajstić information content (AvgIpc) is 2.83. The quantitative estimate of drug-likeness (QED) is 0.506. The summed E-state index contributed by atoms with van der Waals surface area (Å²) in [6.07, 6.45) is -1.43. The molecule has 9 atom stereocenters. The molecule has 0 saturated heterocycles. The van der Waals surface area contributed by atoms with E-state index >= 15 is 0 Å². The van der Waals surface area contributed by atoms with Crippen molar-refractivity contribution in [3.8, 4) is 0 Å². The van der Waals surface area contributed by atoms with Gasteiger partial charge in [-0.3, -0.25) is 14.4 Å². The SMILES string of the molecule is C=C1C(=O)C23CC1CC(O)C2C1(C)CCC(O)C(C)(C)C1C(OC(C)=O)C3OC(C)=O. The van der Waals surface area contributed by atoms with Crippen molar-refractivity contribution in [2.24, 2.45) is 34.0 Å². The Morgan fingerprint density at radius 3 is 2.26 bits per heavy atom. The van der Waals surface area contributed by atoms with Crippen LogP contribution in [0.5, 0.6) is 0 Å². The van der Waals surface area contributed by atoms with E-state index in [1.54, 1.807) is 0 Å². The first-order valence-electron chi connectivity index (χ1n) is 11.2. The zero-order chi connectivity index (χ0) is 23.1. The maximum absolute atomic E-state index is 13.8. The van der Waals surface area contributed by atoms with Crippen LogP contribution in [0.2, 0.25) is 0 Å². The molecule has 2 N–H and O–H groups in total. The second kappa shape index (κ2) is 6.88. The Morgan fingerprint density at radius 1 is 1.06 bits per heavy atom. The van der Waals surface area contributed by atoms with Gasteiger partial charge in [-0.2, -0.15) is 0 Å². The van der Waals surface area contributed by atoms with Crippen molar-refractivity contribution >= 4 is 17.7 Å². The van der Waals surface area contributed by atoms with Gasteiger partial charge in [-0.25, -0.2) is 0 Å². The predicted molar refractivity (Wildman–Crippen MR) is 111 cm³/mol. The number of hydrogen-bond donors (Lipinski definition) is 2. The molecule has 4 aliphatic carbocycles. The highest BCUT2D eigenvalue weighted by molar-refractivity contribution is 6.04. The van der Waals surface area contributed by atoms with Gasteiger partial charge >= 0.3 is 11.9 Å². The third kappa shape index (κ3) is 2.81. The number of fused-ring (bicyclic) bond motifs is 3. The normalized spacial score (nSPS) is 47.9. The van der Waals surface area contributed by atoms with Crippen molar-refractivity contribution in [3.05, 3.63) is 12.2 Å². The molecule has 2 bridgehead atoms. The lowest BCUT2D eigenvalue weighted by molar-refractivity contribution is -0.284. The summed E-state index contributed by atoms with van der Waals surface area (Å²) in [4.78, 5) is 38.2. The Kier molecular flexibility index (Phi) is 4.99. The lowest BCUT2D eigenvalue weighted by Gasteiger charge is -2.67. The zero-order valence-electron chi connectivity index (χ0n) is 19.0. The summed E-state index contributed by atoms with van der Waals surface area (Å²) in [5.41, 5.74) is -2.03. The molecule has 172 valence electrons. The van der Waals surface area contributed by atoms with Crippen LogP contribution >= 0.6 is 0 Å². The first kappa shape index (κ1) is 22.5. The molecule has 4 fully saturated rings. The van der Waals surface area contributed by atoms with Gasteiger partial charge in [0.25, 0.3) is 0 Å². The molecule has 0 aliphatic heterocycles. The summed E-state index contributed by atoms with van der Waals surface area (Å²) in [5.74, 6) is -2.39. The lowest BCUT2D eigenvalue weighted by atomic mass is 9.38. The van der Waals surface area contributed by atoms with Gasteiger partial charge in [-0.1, -0.05) is 27.4 Å². The van der Waals surface area contributed by atoms with E-state index in [-0.39, 0.29) is 11.7 Å². The summed E-state index contributed by atoms with van der Waals surface area (Å²) in [5, 5.41) is 22.3. The fourth-order valence-electron chi connectivity index (χ4n) is 8.14. The molecule has 31 heavy (non-hydrogen) atoms. The Morgan fingerprint density at radius 2 is 1.68 bits per heavy atom. The van der Waals surface area contributed by atoms with Crippen molar-refractivity contribution in [1.29, 1.82) is 0 Å². The smallest absolute Gasteiger partial charge is 0.303 e. The molecule has 0 radical (unpaired) electrons. The van der Waals surface area contributed by atoms with E-state index in [1.165, 1.54) is 13.8 Å². The highest BCUT2D eigenvalue weighted by Crippen LogP contribution is 2.71. The summed E-state index contributed by atoms with van der Waals surface area (Å²) in [6, 6.07) is 0. The molecule has 0 aromatic rings. The van der Waals surface area contributed by atoms with E-state index in [2.05, 4.69) is 6.58 Å². The number of carbonyl (C=O) groups is 3. The summed E-state index contributed by atoms with van der Waals surface area (Å²) in [7, 11) is 0. The van der Waals surface area contributed by atoms with Crippen LogP contribution in [0.25, 0.3) is 0 Å². The number of rotatable bonds is 2. The van der Waals surface area contributed by atoms with E-state index < -0.39 is 64.4 Å². The summed E-state index contributed by atoms with van der Waals surface area (Å²) < 4.78 is 11.7. The molecule has 1 spiro atoms. The fourth-order valence-corrected chi connectivity index (χ4v) is 8.14. The largest absolute Gasteiger partial charge is 0.458 e. The van der Waals surface area contributed by atoms with E-state index in [0.717, 1.165) is 0 Å². The van der Waals surface area contributed by atoms with Gasteiger partial charge in [0.2, 0.25) is 0 Å². The molecule has 0 amide bonds. The molecule has 9 unspecified atom stereocenters. The number of aliphatic hydroxyl groups excluding tert-OH is 2. The maximum Gasteiger partial charge on any atom is 0.303 e. The number of carbonyl (C=O) groups excluding carboxylic acids is 3. The standard InChI is InChI=1S/C24H34O7/c1-11-14-9-15(27)18-23(6)8-7-16(28)22(4,5)19(23)17(30-12(2)25)21(31-13(3)26)24(18,10-14)20(11)29/h14-19,21,27-28H,1,7-10H2,2-6H3. The Balaban J connectivity index is 2.00. The molecule has 0 aromatic carbocycles. The predicted octanol–water partition coefficient (Wildman–Crippen LogP) is 2.18. The van der Waals surface area contributed by atoms with Crippen molar-refractivity contribution in [2.45, 2.75) is 84.7 Å². The minimum Gasteiger partial charge on any atom is -0.458 e. The van der Waals surface area contributed by atoms with E-state index in [4.69, 9.17) is 9.47 Å². The van der Waals surface area contributed by atoms with Gasteiger partial charge in [-0.05, 0) is 48.0 Å². The molecule has 7 nitrogen and oxygen atoms in total. The van der Waals surface area contributed by atoms with Crippen molar-refractivity contribution in [2.75, 3.05) is 0 Å². The zero-order valence-corrected chi connectivity index (χ0v) is 19.0. The van der Waals surface area contributed by atoms with Gasteiger partial charge in [0.05, 0.1) is 17.6 Å². The fraction of sp³-hybridized carbons (Fsp3) is 0.792. The van der Waals surface area contributed by atoms with Crippen molar-refractivity contribution in [1.82, 2.24) is 0 Å². The third-order valence-electron chi connectivity index (χ3n) is 9.02. The van der Waals surface area contributed by atoms with Gasteiger partial charge in [0, 0.05) is 25.7 Å². The van der Waals surface area contributed by atoms with Gasteiger partial charge in [-0.15, -0.1) is 0 Å². The molecule has 4 rings (SSSR count). The van der Waals surface area contributed by atoms with E-state index in [1.807, 2.05) is 20.8 Å². The van der Waals surface area contributed by atoms with Crippen LogP contribution in [0.15, 0.2) is 12.2 Å².